The summed E-state index contributed by atoms with van der Waals surface area (Å²) in [6.45, 7) is 8.05. The van der Waals surface area contributed by atoms with Crippen molar-refractivity contribution >= 4 is 18.3 Å². The van der Waals surface area contributed by atoms with Gasteiger partial charge in [-0.15, -0.1) is 12.4 Å². The van der Waals surface area contributed by atoms with E-state index in [4.69, 9.17) is 4.74 Å². The highest BCUT2D eigenvalue weighted by Crippen LogP contribution is 2.39. The summed E-state index contributed by atoms with van der Waals surface area (Å²) in [5, 5.41) is 3.31. The predicted molar refractivity (Wildman–Crippen MR) is 83.3 cm³/mol. The highest BCUT2D eigenvalue weighted by atomic mass is 35.5. The van der Waals surface area contributed by atoms with Crippen LogP contribution in [0, 0.1) is 5.41 Å². The van der Waals surface area contributed by atoms with Crippen molar-refractivity contribution in [3.8, 4) is 0 Å². The van der Waals surface area contributed by atoms with Crippen molar-refractivity contribution in [3.63, 3.8) is 0 Å². The third-order valence-corrected chi connectivity index (χ3v) is 5.42. The van der Waals surface area contributed by atoms with Crippen LogP contribution >= 0.6 is 12.4 Å². The van der Waals surface area contributed by atoms with Gasteiger partial charge in [-0.2, -0.15) is 0 Å². The average Bonchev–Trinajstić information content (AvgIpc) is 2.92. The SMILES string of the molecule is CCC1(CC)CCN(C(=O)C2(OC)CCNCC2)C1.Cl. The summed E-state index contributed by atoms with van der Waals surface area (Å²) in [4.78, 5) is 14.9. The highest BCUT2D eigenvalue weighted by molar-refractivity contribution is 5.86. The van der Waals surface area contributed by atoms with E-state index >= 15 is 0 Å². The number of carbonyl (C=O) groups is 1. The van der Waals surface area contributed by atoms with Gasteiger partial charge in [-0.1, -0.05) is 13.8 Å². The molecule has 118 valence electrons. The normalized spacial score (nSPS) is 24.2. The summed E-state index contributed by atoms with van der Waals surface area (Å²) in [6, 6.07) is 0. The summed E-state index contributed by atoms with van der Waals surface area (Å²) in [5.41, 5.74) is -0.222. The number of carbonyl (C=O) groups excluding carboxylic acids is 1. The van der Waals surface area contributed by atoms with Gasteiger partial charge in [0, 0.05) is 20.2 Å². The van der Waals surface area contributed by atoms with E-state index < -0.39 is 5.60 Å². The van der Waals surface area contributed by atoms with E-state index in [0.29, 0.717) is 5.41 Å². The Bertz CT molecular complexity index is 326. The van der Waals surface area contributed by atoms with E-state index in [9.17, 15) is 4.79 Å². The van der Waals surface area contributed by atoms with Crippen LogP contribution in [0.2, 0.25) is 0 Å². The maximum Gasteiger partial charge on any atom is 0.254 e. The number of amides is 1. The number of ether oxygens (including phenoxy) is 1. The lowest BCUT2D eigenvalue weighted by Gasteiger charge is -2.38. The summed E-state index contributed by atoms with van der Waals surface area (Å²) >= 11 is 0. The van der Waals surface area contributed by atoms with Crippen LogP contribution in [0.3, 0.4) is 0 Å². The second-order valence-electron chi connectivity index (χ2n) is 6.13. The number of rotatable bonds is 4. The van der Waals surface area contributed by atoms with Crippen molar-refractivity contribution in [3.05, 3.63) is 0 Å². The molecular formula is C15H29ClN2O2. The minimum atomic E-state index is -0.567. The fraction of sp³-hybridized carbons (Fsp3) is 0.933. The first kappa shape index (κ1) is 17.7. The van der Waals surface area contributed by atoms with Gasteiger partial charge in [-0.05, 0) is 50.6 Å². The van der Waals surface area contributed by atoms with Gasteiger partial charge in [0.05, 0.1) is 0 Å². The molecule has 0 radical (unpaired) electrons. The molecule has 0 saturated carbocycles. The third kappa shape index (κ3) is 3.12. The number of piperidine rings is 1. The second-order valence-corrected chi connectivity index (χ2v) is 6.13. The van der Waals surface area contributed by atoms with Crippen molar-refractivity contribution in [2.75, 3.05) is 33.3 Å². The lowest BCUT2D eigenvalue weighted by Crippen LogP contribution is -2.55. The second kappa shape index (κ2) is 7.10. The number of methoxy groups -OCH3 is 1. The Morgan fingerprint density at radius 2 is 1.80 bits per heavy atom. The van der Waals surface area contributed by atoms with Crippen LogP contribution in [-0.2, 0) is 9.53 Å². The lowest BCUT2D eigenvalue weighted by molar-refractivity contribution is -0.157. The molecular weight excluding hydrogens is 276 g/mol. The summed E-state index contributed by atoms with van der Waals surface area (Å²) < 4.78 is 5.66. The fourth-order valence-corrected chi connectivity index (χ4v) is 3.56. The van der Waals surface area contributed by atoms with Crippen LogP contribution in [0.1, 0.15) is 46.0 Å². The smallest absolute Gasteiger partial charge is 0.254 e. The molecule has 0 atom stereocenters. The molecule has 0 aromatic heterocycles. The van der Waals surface area contributed by atoms with Crippen molar-refractivity contribution in [2.24, 2.45) is 5.41 Å². The van der Waals surface area contributed by atoms with E-state index in [-0.39, 0.29) is 18.3 Å². The van der Waals surface area contributed by atoms with E-state index in [1.807, 2.05) is 0 Å². The molecule has 5 heteroatoms. The molecule has 2 aliphatic rings. The van der Waals surface area contributed by atoms with Crippen molar-refractivity contribution in [2.45, 2.75) is 51.6 Å². The topological polar surface area (TPSA) is 41.6 Å². The Kier molecular flexibility index (Phi) is 6.29. The van der Waals surface area contributed by atoms with Gasteiger partial charge in [-0.3, -0.25) is 4.79 Å². The molecule has 1 N–H and O–H groups in total. The lowest BCUT2D eigenvalue weighted by atomic mass is 9.82. The van der Waals surface area contributed by atoms with E-state index in [0.717, 1.165) is 58.3 Å². The number of halogens is 1. The molecule has 2 saturated heterocycles. The van der Waals surface area contributed by atoms with Gasteiger partial charge >= 0.3 is 0 Å². The van der Waals surface area contributed by atoms with Gasteiger partial charge < -0.3 is 15.0 Å². The maximum atomic E-state index is 12.8. The monoisotopic (exact) mass is 304 g/mol. The number of nitrogens with one attached hydrogen (secondary N) is 1. The molecule has 0 aliphatic carbocycles. The molecule has 0 aromatic rings. The van der Waals surface area contributed by atoms with Gasteiger partial charge in [0.15, 0.2) is 0 Å². The van der Waals surface area contributed by atoms with Gasteiger partial charge in [0.25, 0.3) is 5.91 Å². The van der Waals surface area contributed by atoms with Crippen LogP contribution in [0.25, 0.3) is 0 Å². The fourth-order valence-electron chi connectivity index (χ4n) is 3.56. The summed E-state index contributed by atoms with van der Waals surface area (Å²) in [5.74, 6) is 0.222. The summed E-state index contributed by atoms with van der Waals surface area (Å²) in [7, 11) is 1.69. The molecule has 1 amide bonds. The number of nitrogens with zero attached hydrogens (tertiary/aromatic N) is 1. The minimum Gasteiger partial charge on any atom is -0.368 e. The van der Waals surface area contributed by atoms with Crippen LogP contribution < -0.4 is 5.32 Å². The first-order valence-electron chi connectivity index (χ1n) is 7.67. The van der Waals surface area contributed by atoms with Crippen LogP contribution in [0.4, 0.5) is 0 Å². The van der Waals surface area contributed by atoms with E-state index in [1.165, 1.54) is 0 Å². The van der Waals surface area contributed by atoms with Crippen LogP contribution in [0.5, 0.6) is 0 Å². The Labute approximate surface area is 129 Å². The Hall–Kier alpha value is -0.320. The molecule has 0 spiro atoms. The number of hydrogen-bond donors (Lipinski definition) is 1. The van der Waals surface area contributed by atoms with Crippen molar-refractivity contribution in [1.29, 1.82) is 0 Å². The average molecular weight is 305 g/mol. The van der Waals surface area contributed by atoms with Gasteiger partial charge in [0.2, 0.25) is 0 Å². The van der Waals surface area contributed by atoms with Crippen molar-refractivity contribution < 1.29 is 9.53 Å². The zero-order valence-electron chi connectivity index (χ0n) is 13.0. The zero-order chi connectivity index (χ0) is 13.9. The molecule has 0 bridgehead atoms. The quantitative estimate of drug-likeness (QED) is 0.866. The largest absolute Gasteiger partial charge is 0.368 e. The standard InChI is InChI=1S/C15H28N2O2.ClH/c1-4-14(5-2)8-11-17(12-14)13(18)15(19-3)6-9-16-10-7-15;/h16H,4-12H2,1-3H3;1H. The Balaban J connectivity index is 0.00000200. The molecule has 4 nitrogen and oxygen atoms in total. The maximum absolute atomic E-state index is 12.8. The Morgan fingerprint density at radius 1 is 1.20 bits per heavy atom. The highest BCUT2D eigenvalue weighted by Gasteiger charge is 2.46. The molecule has 2 aliphatic heterocycles. The van der Waals surface area contributed by atoms with Gasteiger partial charge in [0.1, 0.15) is 5.60 Å². The Morgan fingerprint density at radius 3 is 2.25 bits per heavy atom. The van der Waals surface area contributed by atoms with Crippen LogP contribution in [-0.4, -0.2) is 49.7 Å². The summed E-state index contributed by atoms with van der Waals surface area (Å²) in [6.07, 6.45) is 5.06. The number of hydrogen-bond acceptors (Lipinski definition) is 3. The van der Waals surface area contributed by atoms with Crippen LogP contribution in [0.15, 0.2) is 0 Å². The predicted octanol–water partition coefficient (Wildman–Crippen LogP) is 2.22. The zero-order valence-corrected chi connectivity index (χ0v) is 13.9. The minimum absolute atomic E-state index is 0. The first-order valence-corrected chi connectivity index (χ1v) is 7.67. The molecule has 2 heterocycles. The molecule has 20 heavy (non-hydrogen) atoms. The first-order chi connectivity index (χ1) is 9.11. The number of likely N-dealkylation sites (tertiary alicyclic amines) is 1. The van der Waals surface area contributed by atoms with Crippen molar-refractivity contribution in [1.82, 2.24) is 10.2 Å². The molecule has 2 rings (SSSR count). The third-order valence-electron chi connectivity index (χ3n) is 5.42. The molecule has 0 unspecified atom stereocenters. The van der Waals surface area contributed by atoms with Gasteiger partial charge in [-0.25, -0.2) is 0 Å². The molecule has 2 fully saturated rings. The molecule has 0 aromatic carbocycles. The van der Waals surface area contributed by atoms with E-state index in [1.54, 1.807) is 7.11 Å². The van der Waals surface area contributed by atoms with E-state index in [2.05, 4.69) is 24.1 Å².